The van der Waals surface area contributed by atoms with Gasteiger partial charge >= 0.3 is 6.18 Å². The lowest BCUT2D eigenvalue weighted by atomic mass is 9.95. The number of allylic oxidation sites excluding steroid dienone is 4. The molecule has 12 heteroatoms. The van der Waals surface area contributed by atoms with Crippen LogP contribution in [0.3, 0.4) is 0 Å². The maximum absolute atomic E-state index is 13.5. The number of rotatable bonds is 6. The molecule has 0 radical (unpaired) electrons. The number of ether oxygens (including phenoxy) is 1. The van der Waals surface area contributed by atoms with E-state index in [0.29, 0.717) is 49.8 Å². The van der Waals surface area contributed by atoms with Crippen molar-refractivity contribution in [2.75, 3.05) is 50.8 Å². The summed E-state index contributed by atoms with van der Waals surface area (Å²) in [5, 5.41) is 10.0. The average molecular weight is 560 g/mol. The number of thiocarbonyl (C=S) groups is 1. The van der Waals surface area contributed by atoms with Crippen LogP contribution in [0, 0.1) is 0 Å². The third-order valence-corrected chi connectivity index (χ3v) is 9.60. The van der Waals surface area contributed by atoms with Gasteiger partial charge in [-0.05, 0) is 37.6 Å². The summed E-state index contributed by atoms with van der Waals surface area (Å²) < 4.78 is 74.0. The Labute approximate surface area is 221 Å². The van der Waals surface area contributed by atoms with Crippen molar-refractivity contribution in [3.8, 4) is 0 Å². The summed E-state index contributed by atoms with van der Waals surface area (Å²) in [4.78, 5) is 4.79. The number of anilines is 1. The van der Waals surface area contributed by atoms with E-state index < -0.39 is 21.8 Å². The van der Waals surface area contributed by atoms with E-state index in [1.54, 1.807) is 18.2 Å². The molecule has 1 aromatic carbocycles. The highest BCUT2D eigenvalue weighted by molar-refractivity contribution is 7.96. The van der Waals surface area contributed by atoms with Crippen molar-refractivity contribution < 1.29 is 31.4 Å². The number of aliphatic hydroxyl groups is 1. The van der Waals surface area contributed by atoms with Crippen LogP contribution in [0.15, 0.2) is 47.4 Å². The van der Waals surface area contributed by atoms with E-state index in [4.69, 9.17) is 17.0 Å². The lowest BCUT2D eigenvalue weighted by Crippen LogP contribution is -2.59. The molecular weight excluding hydrogens is 527 g/mol. The molecule has 2 fully saturated rings. The van der Waals surface area contributed by atoms with E-state index in [0.717, 1.165) is 6.92 Å². The van der Waals surface area contributed by atoms with Crippen molar-refractivity contribution >= 4 is 32.8 Å². The van der Waals surface area contributed by atoms with Gasteiger partial charge in [0, 0.05) is 56.2 Å². The number of hydrogen-bond acceptors (Lipinski definition) is 7. The molecular formula is C25H32F3N3O4S2. The van der Waals surface area contributed by atoms with Gasteiger partial charge in [-0.15, -0.1) is 0 Å². The Morgan fingerprint density at radius 3 is 2.46 bits per heavy atom. The summed E-state index contributed by atoms with van der Waals surface area (Å²) in [5.74, 6) is 0. The zero-order chi connectivity index (χ0) is 27.0. The average Bonchev–Trinajstić information content (AvgIpc) is 2.83. The number of alkyl halides is 3. The number of morpholine rings is 1. The van der Waals surface area contributed by atoms with Crippen LogP contribution in [0.1, 0.15) is 25.8 Å². The van der Waals surface area contributed by atoms with Crippen molar-refractivity contribution in [3.63, 3.8) is 0 Å². The number of halogens is 3. The van der Waals surface area contributed by atoms with Gasteiger partial charge in [-0.25, -0.2) is 8.42 Å². The molecule has 1 aliphatic carbocycles. The van der Waals surface area contributed by atoms with Gasteiger partial charge in [0.2, 0.25) is 10.0 Å². The SMILES string of the molecule is C[C@H]1CN(C[C@H]2CN(S(=O)(=O)C3=CC=CCC3=S)CCN2c2ccc(C(C)(O)C(F)(F)F)cc2)CCO1. The van der Waals surface area contributed by atoms with Crippen LogP contribution in [0.4, 0.5) is 18.9 Å². The van der Waals surface area contributed by atoms with Gasteiger partial charge in [-0.3, -0.25) is 4.90 Å². The topological polar surface area (TPSA) is 73.3 Å². The molecule has 0 amide bonds. The van der Waals surface area contributed by atoms with Gasteiger partial charge in [0.1, 0.15) is 0 Å². The van der Waals surface area contributed by atoms with Gasteiger partial charge < -0.3 is 14.7 Å². The van der Waals surface area contributed by atoms with Gasteiger partial charge in [0.05, 0.1) is 23.7 Å². The van der Waals surface area contributed by atoms with Crippen LogP contribution >= 0.6 is 12.2 Å². The number of hydrogen-bond donors (Lipinski definition) is 1. The van der Waals surface area contributed by atoms with Crippen molar-refractivity contribution in [2.24, 2.45) is 0 Å². The molecule has 3 aliphatic rings. The lowest BCUT2D eigenvalue weighted by Gasteiger charge is -2.45. The van der Waals surface area contributed by atoms with Crippen LogP contribution in [-0.2, 0) is 20.4 Å². The Hall–Kier alpha value is -1.83. The summed E-state index contributed by atoms with van der Waals surface area (Å²) in [6.07, 6.45) is 0.699. The van der Waals surface area contributed by atoms with E-state index in [2.05, 4.69) is 4.90 Å². The quantitative estimate of drug-likeness (QED) is 0.537. The molecule has 3 atom stereocenters. The van der Waals surface area contributed by atoms with E-state index in [-0.39, 0.29) is 35.7 Å². The first-order chi connectivity index (χ1) is 17.3. The highest BCUT2D eigenvalue weighted by atomic mass is 32.2. The third kappa shape index (κ3) is 5.94. The fourth-order valence-corrected chi connectivity index (χ4v) is 7.00. The van der Waals surface area contributed by atoms with E-state index in [1.165, 1.54) is 22.5 Å². The third-order valence-electron chi connectivity index (χ3n) is 7.13. The zero-order valence-corrected chi connectivity index (χ0v) is 22.4. The fourth-order valence-electron chi connectivity index (χ4n) is 4.93. The molecule has 204 valence electrons. The molecule has 2 heterocycles. The van der Waals surface area contributed by atoms with Crippen LogP contribution in [0.25, 0.3) is 0 Å². The first kappa shape index (κ1) is 28.2. The van der Waals surface area contributed by atoms with Crippen LogP contribution < -0.4 is 4.90 Å². The monoisotopic (exact) mass is 559 g/mol. The molecule has 1 unspecified atom stereocenters. The molecule has 7 nitrogen and oxygen atoms in total. The molecule has 2 saturated heterocycles. The zero-order valence-electron chi connectivity index (χ0n) is 20.8. The van der Waals surface area contributed by atoms with Crippen molar-refractivity contribution in [1.82, 2.24) is 9.21 Å². The molecule has 37 heavy (non-hydrogen) atoms. The number of piperazine rings is 1. The Morgan fingerprint density at radius 2 is 1.84 bits per heavy atom. The molecule has 0 aromatic heterocycles. The predicted molar refractivity (Wildman–Crippen MR) is 140 cm³/mol. The maximum atomic E-state index is 13.5. The van der Waals surface area contributed by atoms with E-state index in [9.17, 15) is 26.7 Å². The number of nitrogens with zero attached hydrogens (tertiary/aromatic N) is 3. The Bertz CT molecular complexity index is 1170. The highest BCUT2D eigenvalue weighted by Gasteiger charge is 2.51. The summed E-state index contributed by atoms with van der Waals surface area (Å²) in [6.45, 7) is 6.03. The second-order valence-electron chi connectivity index (χ2n) is 9.85. The smallest absolute Gasteiger partial charge is 0.376 e. The van der Waals surface area contributed by atoms with Crippen molar-refractivity contribution in [2.45, 2.75) is 44.2 Å². The first-order valence-corrected chi connectivity index (χ1v) is 14.1. The maximum Gasteiger partial charge on any atom is 0.421 e. The molecule has 1 N–H and O–H groups in total. The summed E-state index contributed by atoms with van der Waals surface area (Å²) in [7, 11) is -3.79. The van der Waals surface area contributed by atoms with Crippen molar-refractivity contribution in [3.05, 3.63) is 53.0 Å². The van der Waals surface area contributed by atoms with Crippen molar-refractivity contribution in [1.29, 1.82) is 0 Å². The standard InChI is InChI=1S/C25H32F3N3O4S2/c1-18-15-29(13-14-35-18)16-21-17-30(37(33,34)23-6-4-3-5-22(23)36)11-12-31(21)20-9-7-19(8-10-20)24(2,32)25(26,27)28/h3-4,6-10,18,21,32H,5,11-17H2,1-2H3/t18-,21-,24?/m0/s1. The number of benzene rings is 1. The van der Waals surface area contributed by atoms with Gasteiger partial charge in [0.15, 0.2) is 5.60 Å². The summed E-state index contributed by atoms with van der Waals surface area (Å²) in [5.41, 5.74) is -2.56. The van der Waals surface area contributed by atoms with Crippen LogP contribution in [-0.4, -0.2) is 91.8 Å². The highest BCUT2D eigenvalue weighted by Crippen LogP contribution is 2.39. The lowest BCUT2D eigenvalue weighted by molar-refractivity contribution is -0.258. The molecule has 2 aliphatic heterocycles. The van der Waals surface area contributed by atoms with E-state index >= 15 is 0 Å². The van der Waals surface area contributed by atoms with E-state index in [1.807, 2.05) is 17.9 Å². The molecule has 1 aromatic rings. The minimum Gasteiger partial charge on any atom is -0.376 e. The fraction of sp³-hybridized carbons (Fsp3) is 0.560. The number of sulfonamides is 1. The molecule has 0 saturated carbocycles. The normalized spacial score (nSPS) is 26.2. The summed E-state index contributed by atoms with van der Waals surface area (Å²) in [6, 6.07) is 5.40. The summed E-state index contributed by atoms with van der Waals surface area (Å²) >= 11 is 5.33. The second-order valence-corrected chi connectivity index (χ2v) is 12.3. The molecule has 0 spiro atoms. The second kappa shape index (κ2) is 10.7. The Morgan fingerprint density at radius 1 is 1.14 bits per heavy atom. The minimum atomic E-state index is -4.81. The largest absolute Gasteiger partial charge is 0.421 e. The first-order valence-electron chi connectivity index (χ1n) is 12.2. The Balaban J connectivity index is 1.60. The van der Waals surface area contributed by atoms with Crippen LogP contribution in [0.5, 0.6) is 0 Å². The van der Waals surface area contributed by atoms with Gasteiger partial charge in [0.25, 0.3) is 0 Å². The van der Waals surface area contributed by atoms with Gasteiger partial charge in [-0.2, -0.15) is 17.5 Å². The van der Waals surface area contributed by atoms with Crippen LogP contribution in [0.2, 0.25) is 0 Å². The molecule has 0 bridgehead atoms. The molecule has 4 rings (SSSR count). The van der Waals surface area contributed by atoms with Gasteiger partial charge in [-0.1, -0.05) is 36.5 Å². The predicted octanol–water partition coefficient (Wildman–Crippen LogP) is 3.21. The minimum absolute atomic E-state index is 0.0473. The Kier molecular flexibility index (Phi) is 8.18.